The normalized spacial score (nSPS) is 17.2. The predicted octanol–water partition coefficient (Wildman–Crippen LogP) is 1.44. The SMILES string of the molecule is COc1cccc2c(=O)n(CC3(C)COC3)cnc12. The van der Waals surface area contributed by atoms with Gasteiger partial charge in [-0.05, 0) is 12.1 Å². The highest BCUT2D eigenvalue weighted by atomic mass is 16.5. The van der Waals surface area contributed by atoms with Crippen molar-refractivity contribution in [2.24, 2.45) is 5.41 Å². The van der Waals surface area contributed by atoms with Crippen LogP contribution in [0, 0.1) is 5.41 Å². The Morgan fingerprint density at radius 2 is 2.26 bits per heavy atom. The van der Waals surface area contributed by atoms with Gasteiger partial charge in [-0.1, -0.05) is 13.0 Å². The van der Waals surface area contributed by atoms with Crippen molar-refractivity contribution in [2.45, 2.75) is 13.5 Å². The zero-order chi connectivity index (χ0) is 13.5. The lowest BCUT2D eigenvalue weighted by atomic mass is 9.88. The van der Waals surface area contributed by atoms with Gasteiger partial charge in [0.15, 0.2) is 0 Å². The first-order valence-electron chi connectivity index (χ1n) is 6.23. The monoisotopic (exact) mass is 260 g/mol. The highest BCUT2D eigenvalue weighted by Crippen LogP contribution is 2.28. The average molecular weight is 260 g/mol. The molecule has 0 spiro atoms. The quantitative estimate of drug-likeness (QED) is 0.838. The van der Waals surface area contributed by atoms with Gasteiger partial charge in [-0.3, -0.25) is 9.36 Å². The second-order valence-corrected chi connectivity index (χ2v) is 5.34. The molecule has 0 aliphatic carbocycles. The van der Waals surface area contributed by atoms with E-state index < -0.39 is 0 Å². The number of aromatic nitrogens is 2. The molecule has 1 aromatic carbocycles. The van der Waals surface area contributed by atoms with E-state index in [1.165, 1.54) is 0 Å². The second-order valence-electron chi connectivity index (χ2n) is 5.34. The topological polar surface area (TPSA) is 53.4 Å². The molecule has 5 nitrogen and oxygen atoms in total. The summed E-state index contributed by atoms with van der Waals surface area (Å²) in [5.41, 5.74) is 0.621. The Labute approximate surface area is 110 Å². The number of hydrogen-bond acceptors (Lipinski definition) is 4. The zero-order valence-corrected chi connectivity index (χ0v) is 11.0. The fraction of sp³-hybridized carbons (Fsp3) is 0.429. The highest BCUT2D eigenvalue weighted by Gasteiger charge is 2.34. The highest BCUT2D eigenvalue weighted by molar-refractivity contribution is 5.83. The first-order chi connectivity index (χ1) is 9.13. The van der Waals surface area contributed by atoms with E-state index in [0.717, 1.165) is 0 Å². The Balaban J connectivity index is 2.08. The molecule has 100 valence electrons. The van der Waals surface area contributed by atoms with Gasteiger partial charge in [-0.2, -0.15) is 0 Å². The Morgan fingerprint density at radius 1 is 1.47 bits per heavy atom. The van der Waals surface area contributed by atoms with Crippen LogP contribution in [0.25, 0.3) is 10.9 Å². The number of fused-ring (bicyclic) bond motifs is 1. The number of benzene rings is 1. The van der Waals surface area contributed by atoms with E-state index in [-0.39, 0.29) is 11.0 Å². The third kappa shape index (κ3) is 2.00. The number of rotatable bonds is 3. The minimum absolute atomic E-state index is 0.0305. The summed E-state index contributed by atoms with van der Waals surface area (Å²) >= 11 is 0. The molecule has 0 bridgehead atoms. The Kier molecular flexibility index (Phi) is 2.78. The van der Waals surface area contributed by atoms with Gasteiger partial charge in [0.25, 0.3) is 5.56 Å². The molecule has 1 aliphatic heterocycles. The number of methoxy groups -OCH3 is 1. The van der Waals surface area contributed by atoms with Gasteiger partial charge in [0.1, 0.15) is 11.3 Å². The van der Waals surface area contributed by atoms with E-state index in [9.17, 15) is 4.79 Å². The summed E-state index contributed by atoms with van der Waals surface area (Å²) < 4.78 is 12.1. The van der Waals surface area contributed by atoms with Gasteiger partial charge in [-0.25, -0.2) is 4.98 Å². The minimum Gasteiger partial charge on any atom is -0.494 e. The number of ether oxygens (including phenoxy) is 2. The average Bonchev–Trinajstić information content (AvgIpc) is 2.39. The molecule has 5 heteroatoms. The van der Waals surface area contributed by atoms with Crippen molar-refractivity contribution in [3.63, 3.8) is 0 Å². The fourth-order valence-corrected chi connectivity index (χ4v) is 2.39. The summed E-state index contributed by atoms with van der Waals surface area (Å²) in [6, 6.07) is 5.40. The molecule has 0 amide bonds. The molecule has 0 radical (unpaired) electrons. The van der Waals surface area contributed by atoms with Gasteiger partial charge >= 0.3 is 0 Å². The van der Waals surface area contributed by atoms with Gasteiger partial charge < -0.3 is 9.47 Å². The largest absolute Gasteiger partial charge is 0.494 e. The second kappa shape index (κ2) is 4.35. The molecule has 0 N–H and O–H groups in total. The Morgan fingerprint density at radius 3 is 2.89 bits per heavy atom. The minimum atomic E-state index is -0.0305. The molecular formula is C14H16N2O3. The van der Waals surface area contributed by atoms with Crippen molar-refractivity contribution in [1.29, 1.82) is 0 Å². The van der Waals surface area contributed by atoms with Gasteiger partial charge in [0.2, 0.25) is 0 Å². The fourth-order valence-electron chi connectivity index (χ4n) is 2.39. The Hall–Kier alpha value is -1.88. The molecule has 1 aromatic heterocycles. The van der Waals surface area contributed by atoms with E-state index in [0.29, 0.717) is 36.4 Å². The van der Waals surface area contributed by atoms with Gasteiger partial charge in [-0.15, -0.1) is 0 Å². The molecule has 0 unspecified atom stereocenters. The standard InChI is InChI=1S/C14H16N2O3/c1-14(7-19-8-14)6-16-9-15-12-10(13(16)17)4-3-5-11(12)18-2/h3-5,9H,6-8H2,1-2H3. The van der Waals surface area contributed by atoms with Crippen LogP contribution in [0.15, 0.2) is 29.3 Å². The summed E-state index contributed by atoms with van der Waals surface area (Å²) in [4.78, 5) is 16.8. The van der Waals surface area contributed by atoms with Crippen LogP contribution in [0.1, 0.15) is 6.92 Å². The van der Waals surface area contributed by atoms with Crippen LogP contribution in [0.5, 0.6) is 5.75 Å². The lowest BCUT2D eigenvalue weighted by Crippen LogP contribution is -2.45. The predicted molar refractivity (Wildman–Crippen MR) is 71.5 cm³/mol. The van der Waals surface area contributed by atoms with E-state index in [4.69, 9.17) is 9.47 Å². The lowest BCUT2D eigenvalue weighted by Gasteiger charge is -2.38. The van der Waals surface area contributed by atoms with Crippen LogP contribution < -0.4 is 10.3 Å². The first-order valence-corrected chi connectivity index (χ1v) is 6.23. The smallest absolute Gasteiger partial charge is 0.261 e. The van der Waals surface area contributed by atoms with Crippen molar-refractivity contribution in [3.05, 3.63) is 34.9 Å². The number of nitrogens with zero attached hydrogens (tertiary/aromatic N) is 2. The third-order valence-corrected chi connectivity index (χ3v) is 3.49. The van der Waals surface area contributed by atoms with Crippen molar-refractivity contribution >= 4 is 10.9 Å². The molecule has 1 fully saturated rings. The van der Waals surface area contributed by atoms with Crippen molar-refractivity contribution in [3.8, 4) is 5.75 Å². The van der Waals surface area contributed by atoms with E-state index in [1.54, 1.807) is 30.1 Å². The number of hydrogen-bond donors (Lipinski definition) is 0. The molecule has 2 aromatic rings. The maximum absolute atomic E-state index is 12.4. The van der Waals surface area contributed by atoms with E-state index in [1.807, 2.05) is 6.07 Å². The molecule has 1 saturated heterocycles. The third-order valence-electron chi connectivity index (χ3n) is 3.49. The lowest BCUT2D eigenvalue weighted by molar-refractivity contribution is -0.110. The summed E-state index contributed by atoms with van der Waals surface area (Å²) in [6.07, 6.45) is 1.59. The summed E-state index contributed by atoms with van der Waals surface area (Å²) in [5.74, 6) is 0.625. The van der Waals surface area contributed by atoms with Crippen LogP contribution in [0.3, 0.4) is 0 Å². The van der Waals surface area contributed by atoms with Crippen LogP contribution >= 0.6 is 0 Å². The molecule has 1 aliphatic rings. The number of para-hydroxylation sites is 1. The zero-order valence-electron chi connectivity index (χ0n) is 11.0. The van der Waals surface area contributed by atoms with E-state index in [2.05, 4.69) is 11.9 Å². The van der Waals surface area contributed by atoms with Crippen LogP contribution in [-0.2, 0) is 11.3 Å². The van der Waals surface area contributed by atoms with Crippen LogP contribution in [-0.4, -0.2) is 29.9 Å². The summed E-state index contributed by atoms with van der Waals surface area (Å²) in [6.45, 7) is 4.12. The summed E-state index contributed by atoms with van der Waals surface area (Å²) in [5, 5.41) is 0.589. The van der Waals surface area contributed by atoms with Gasteiger partial charge in [0.05, 0.1) is 32.0 Å². The summed E-state index contributed by atoms with van der Waals surface area (Å²) in [7, 11) is 1.58. The maximum atomic E-state index is 12.4. The van der Waals surface area contributed by atoms with Crippen molar-refractivity contribution in [2.75, 3.05) is 20.3 Å². The van der Waals surface area contributed by atoms with E-state index >= 15 is 0 Å². The van der Waals surface area contributed by atoms with Crippen molar-refractivity contribution < 1.29 is 9.47 Å². The molecule has 19 heavy (non-hydrogen) atoms. The Bertz CT molecular complexity index is 674. The van der Waals surface area contributed by atoms with Crippen LogP contribution in [0.4, 0.5) is 0 Å². The van der Waals surface area contributed by atoms with Crippen LogP contribution in [0.2, 0.25) is 0 Å². The molecule has 2 heterocycles. The molecule has 0 saturated carbocycles. The molecule has 3 rings (SSSR count). The molecule has 0 atom stereocenters. The van der Waals surface area contributed by atoms with Gasteiger partial charge in [0, 0.05) is 12.0 Å². The first kappa shape index (κ1) is 12.2. The van der Waals surface area contributed by atoms with Crippen molar-refractivity contribution in [1.82, 2.24) is 9.55 Å². The molecular weight excluding hydrogens is 244 g/mol. The maximum Gasteiger partial charge on any atom is 0.261 e.